The normalized spacial score (nSPS) is 16.1. The highest BCUT2D eigenvalue weighted by molar-refractivity contribution is 6.18. The van der Waals surface area contributed by atoms with Crippen LogP contribution in [0.25, 0.3) is 0 Å². The van der Waals surface area contributed by atoms with E-state index in [1.54, 1.807) is 12.3 Å². The third-order valence-corrected chi connectivity index (χ3v) is 3.02. The Morgan fingerprint density at radius 2 is 2.33 bits per heavy atom. The van der Waals surface area contributed by atoms with Crippen molar-refractivity contribution in [3.05, 3.63) is 24.1 Å². The molecule has 0 atom stereocenters. The molecule has 82 valence electrons. The third-order valence-electron chi connectivity index (χ3n) is 2.85. The summed E-state index contributed by atoms with van der Waals surface area (Å²) in [7, 11) is 0. The summed E-state index contributed by atoms with van der Waals surface area (Å²) in [6.07, 6.45) is 5.08. The average molecular weight is 229 g/mol. The first-order chi connectivity index (χ1) is 7.33. The van der Waals surface area contributed by atoms with Crippen LogP contribution in [0.3, 0.4) is 0 Å². The van der Waals surface area contributed by atoms with Crippen molar-refractivity contribution in [3.63, 3.8) is 0 Å². The van der Waals surface area contributed by atoms with Crippen molar-refractivity contribution < 1.29 is 4.39 Å². The Labute approximate surface area is 94.1 Å². The predicted molar refractivity (Wildman–Crippen MR) is 59.9 cm³/mol. The van der Waals surface area contributed by atoms with E-state index in [1.165, 1.54) is 12.5 Å². The second kappa shape index (κ2) is 4.79. The van der Waals surface area contributed by atoms with Gasteiger partial charge in [-0.3, -0.25) is 0 Å². The molecule has 1 aliphatic rings. The summed E-state index contributed by atoms with van der Waals surface area (Å²) >= 11 is 5.73. The van der Waals surface area contributed by atoms with Crippen LogP contribution in [0.15, 0.2) is 18.3 Å². The Hall–Kier alpha value is -0.830. The Bertz CT molecular complexity index is 328. The van der Waals surface area contributed by atoms with Gasteiger partial charge in [-0.15, -0.1) is 11.6 Å². The maximum atomic E-state index is 13.5. The molecule has 0 unspecified atom stereocenters. The molecule has 1 aromatic rings. The van der Waals surface area contributed by atoms with E-state index in [2.05, 4.69) is 4.98 Å². The van der Waals surface area contributed by atoms with Crippen molar-refractivity contribution >= 4 is 17.4 Å². The molecule has 0 bridgehead atoms. The lowest BCUT2D eigenvalue weighted by Gasteiger charge is -2.38. The lowest BCUT2D eigenvalue weighted by molar-refractivity contribution is 0.384. The molecule has 2 nitrogen and oxygen atoms in total. The molecular weight excluding hydrogens is 215 g/mol. The summed E-state index contributed by atoms with van der Waals surface area (Å²) in [6.45, 7) is 0.667. The lowest BCUT2D eigenvalue weighted by atomic mass is 9.91. The van der Waals surface area contributed by atoms with Gasteiger partial charge in [0, 0.05) is 24.7 Å². The number of anilines is 1. The van der Waals surface area contributed by atoms with Crippen molar-refractivity contribution in [2.24, 2.45) is 0 Å². The van der Waals surface area contributed by atoms with Gasteiger partial charge in [0.05, 0.1) is 0 Å². The third kappa shape index (κ3) is 2.23. The molecule has 15 heavy (non-hydrogen) atoms. The molecule has 1 saturated carbocycles. The first kappa shape index (κ1) is 10.7. The smallest absolute Gasteiger partial charge is 0.165 e. The number of aromatic nitrogens is 1. The molecule has 1 heterocycles. The topological polar surface area (TPSA) is 16.1 Å². The number of pyridine rings is 1. The van der Waals surface area contributed by atoms with Gasteiger partial charge in [-0.1, -0.05) is 0 Å². The number of halogens is 2. The summed E-state index contributed by atoms with van der Waals surface area (Å²) in [5, 5.41) is 0. The lowest BCUT2D eigenvalue weighted by Crippen LogP contribution is -2.42. The zero-order valence-corrected chi connectivity index (χ0v) is 9.25. The molecule has 1 aromatic heterocycles. The average Bonchev–Trinajstić information content (AvgIpc) is 2.15. The molecule has 1 aliphatic carbocycles. The first-order valence-electron chi connectivity index (χ1n) is 5.26. The van der Waals surface area contributed by atoms with Gasteiger partial charge in [-0.25, -0.2) is 9.37 Å². The zero-order valence-electron chi connectivity index (χ0n) is 8.50. The van der Waals surface area contributed by atoms with Crippen molar-refractivity contribution in [2.75, 3.05) is 17.3 Å². The molecule has 0 N–H and O–H groups in total. The van der Waals surface area contributed by atoms with Gasteiger partial charge in [0.15, 0.2) is 11.6 Å². The fraction of sp³-hybridized carbons (Fsp3) is 0.545. The van der Waals surface area contributed by atoms with E-state index < -0.39 is 0 Å². The number of hydrogen-bond acceptors (Lipinski definition) is 2. The molecule has 0 aromatic carbocycles. The van der Waals surface area contributed by atoms with E-state index in [4.69, 9.17) is 11.6 Å². The summed E-state index contributed by atoms with van der Waals surface area (Å²) in [6, 6.07) is 3.48. The van der Waals surface area contributed by atoms with E-state index >= 15 is 0 Å². The minimum atomic E-state index is -0.255. The molecule has 0 spiro atoms. The number of hydrogen-bond donors (Lipinski definition) is 0. The van der Waals surface area contributed by atoms with Gasteiger partial charge in [-0.05, 0) is 31.4 Å². The second-order valence-electron chi connectivity index (χ2n) is 3.78. The highest BCUT2D eigenvalue weighted by Gasteiger charge is 2.27. The fourth-order valence-electron chi connectivity index (χ4n) is 1.84. The fourth-order valence-corrected chi connectivity index (χ4v) is 2.02. The van der Waals surface area contributed by atoms with E-state index in [0.717, 1.165) is 12.8 Å². The molecular formula is C11H14ClFN2. The van der Waals surface area contributed by atoms with E-state index in [9.17, 15) is 4.39 Å². The van der Waals surface area contributed by atoms with Crippen LogP contribution in [0.1, 0.15) is 19.3 Å². The van der Waals surface area contributed by atoms with Crippen molar-refractivity contribution in [2.45, 2.75) is 25.3 Å². The maximum absolute atomic E-state index is 13.5. The van der Waals surface area contributed by atoms with Crippen LogP contribution in [0.5, 0.6) is 0 Å². The van der Waals surface area contributed by atoms with Crippen LogP contribution < -0.4 is 4.90 Å². The van der Waals surface area contributed by atoms with Gasteiger partial charge >= 0.3 is 0 Å². The second-order valence-corrected chi connectivity index (χ2v) is 4.15. The Morgan fingerprint density at radius 1 is 1.53 bits per heavy atom. The molecule has 0 saturated heterocycles. The van der Waals surface area contributed by atoms with Crippen LogP contribution in [0, 0.1) is 5.82 Å². The minimum Gasteiger partial charge on any atom is -0.350 e. The van der Waals surface area contributed by atoms with Gasteiger partial charge in [-0.2, -0.15) is 0 Å². The summed E-state index contributed by atoms with van der Waals surface area (Å²) in [4.78, 5) is 6.08. The standard InChI is InChI=1S/C11H14ClFN2/c12-6-8-15(9-3-1-4-9)11-10(13)5-2-7-14-11/h2,5,7,9H,1,3-4,6,8H2. The van der Waals surface area contributed by atoms with Gasteiger partial charge in [0.1, 0.15) is 0 Å². The predicted octanol–water partition coefficient (Wildman–Crippen LogP) is 2.82. The number of rotatable bonds is 4. The summed E-state index contributed by atoms with van der Waals surface area (Å²) < 4.78 is 13.5. The monoisotopic (exact) mass is 228 g/mol. The van der Waals surface area contributed by atoms with Crippen LogP contribution in [-0.4, -0.2) is 23.5 Å². The molecule has 0 aliphatic heterocycles. The summed E-state index contributed by atoms with van der Waals surface area (Å²) in [5.74, 6) is 0.698. The number of nitrogens with zero attached hydrogens (tertiary/aromatic N) is 2. The summed E-state index contributed by atoms with van der Waals surface area (Å²) in [5.41, 5.74) is 0. The van der Waals surface area contributed by atoms with Crippen molar-refractivity contribution in [3.8, 4) is 0 Å². The Morgan fingerprint density at radius 3 is 2.87 bits per heavy atom. The SMILES string of the molecule is Fc1cccnc1N(CCCl)C1CCC1. The Balaban J connectivity index is 2.19. The van der Waals surface area contributed by atoms with E-state index in [-0.39, 0.29) is 5.82 Å². The minimum absolute atomic E-state index is 0.255. The van der Waals surface area contributed by atoms with Crippen LogP contribution in [-0.2, 0) is 0 Å². The highest BCUT2D eigenvalue weighted by atomic mass is 35.5. The maximum Gasteiger partial charge on any atom is 0.165 e. The molecule has 0 radical (unpaired) electrons. The van der Waals surface area contributed by atoms with Crippen molar-refractivity contribution in [1.82, 2.24) is 4.98 Å². The van der Waals surface area contributed by atoms with Crippen LogP contribution >= 0.6 is 11.6 Å². The van der Waals surface area contributed by atoms with E-state index in [0.29, 0.717) is 24.3 Å². The van der Waals surface area contributed by atoms with Crippen LogP contribution in [0.2, 0.25) is 0 Å². The molecule has 1 fully saturated rings. The molecule has 0 amide bonds. The quantitative estimate of drug-likeness (QED) is 0.737. The van der Waals surface area contributed by atoms with Crippen LogP contribution in [0.4, 0.5) is 10.2 Å². The van der Waals surface area contributed by atoms with E-state index in [1.807, 2.05) is 4.90 Å². The zero-order chi connectivity index (χ0) is 10.7. The van der Waals surface area contributed by atoms with Crippen molar-refractivity contribution in [1.29, 1.82) is 0 Å². The van der Waals surface area contributed by atoms with Gasteiger partial charge < -0.3 is 4.90 Å². The van der Waals surface area contributed by atoms with Gasteiger partial charge in [0.2, 0.25) is 0 Å². The largest absolute Gasteiger partial charge is 0.350 e. The Kier molecular flexibility index (Phi) is 3.41. The molecule has 4 heteroatoms. The highest BCUT2D eigenvalue weighted by Crippen LogP contribution is 2.29. The molecule has 2 rings (SSSR count). The number of alkyl halides is 1. The first-order valence-corrected chi connectivity index (χ1v) is 5.79. The van der Waals surface area contributed by atoms with Gasteiger partial charge in [0.25, 0.3) is 0 Å².